The SMILES string of the molecule is CNC(=O)C(C)Nc1ccc(C(=O)O)c(F)c1F. The van der Waals surface area contributed by atoms with Crippen molar-refractivity contribution in [2.75, 3.05) is 12.4 Å². The molecule has 1 aromatic rings. The lowest BCUT2D eigenvalue weighted by Crippen LogP contribution is -2.35. The van der Waals surface area contributed by atoms with Gasteiger partial charge in [-0.2, -0.15) is 0 Å². The quantitative estimate of drug-likeness (QED) is 0.758. The van der Waals surface area contributed by atoms with E-state index < -0.39 is 35.1 Å². The fourth-order valence-corrected chi connectivity index (χ4v) is 1.34. The molecule has 7 heteroatoms. The maximum Gasteiger partial charge on any atom is 0.338 e. The minimum atomic E-state index is -1.56. The lowest BCUT2D eigenvalue weighted by atomic mass is 10.1. The van der Waals surface area contributed by atoms with Crippen molar-refractivity contribution in [1.82, 2.24) is 5.32 Å². The van der Waals surface area contributed by atoms with Crippen molar-refractivity contribution < 1.29 is 23.5 Å². The number of halogens is 2. The van der Waals surface area contributed by atoms with Crippen molar-refractivity contribution in [3.8, 4) is 0 Å². The van der Waals surface area contributed by atoms with E-state index in [0.717, 1.165) is 12.1 Å². The van der Waals surface area contributed by atoms with Crippen LogP contribution in [0, 0.1) is 11.6 Å². The zero-order valence-corrected chi connectivity index (χ0v) is 9.75. The molecule has 0 aromatic heterocycles. The number of anilines is 1. The summed E-state index contributed by atoms with van der Waals surface area (Å²) in [6, 6.07) is 1.22. The Labute approximate surface area is 102 Å². The molecule has 18 heavy (non-hydrogen) atoms. The minimum absolute atomic E-state index is 0.270. The Hall–Kier alpha value is -2.18. The van der Waals surface area contributed by atoms with Gasteiger partial charge in [-0.05, 0) is 19.1 Å². The number of amides is 1. The Morgan fingerprint density at radius 1 is 1.28 bits per heavy atom. The summed E-state index contributed by atoms with van der Waals surface area (Å²) in [6.45, 7) is 1.46. The van der Waals surface area contributed by atoms with Crippen LogP contribution in [0.25, 0.3) is 0 Å². The van der Waals surface area contributed by atoms with Crippen molar-refractivity contribution in [2.24, 2.45) is 0 Å². The van der Waals surface area contributed by atoms with E-state index in [4.69, 9.17) is 5.11 Å². The number of likely N-dealkylation sites (N-methyl/N-ethyl adjacent to an activating group) is 1. The predicted molar refractivity (Wildman–Crippen MR) is 60.5 cm³/mol. The van der Waals surface area contributed by atoms with Gasteiger partial charge in [-0.1, -0.05) is 0 Å². The van der Waals surface area contributed by atoms with Gasteiger partial charge in [0.2, 0.25) is 5.91 Å². The Morgan fingerprint density at radius 2 is 1.89 bits per heavy atom. The number of aromatic carboxylic acids is 1. The molecule has 0 aliphatic heterocycles. The summed E-state index contributed by atoms with van der Waals surface area (Å²) < 4.78 is 26.9. The highest BCUT2D eigenvalue weighted by molar-refractivity contribution is 5.89. The van der Waals surface area contributed by atoms with Crippen molar-refractivity contribution in [3.05, 3.63) is 29.3 Å². The lowest BCUT2D eigenvalue weighted by molar-refractivity contribution is -0.121. The molecule has 0 fully saturated rings. The average Bonchev–Trinajstić information content (AvgIpc) is 2.33. The number of nitrogens with one attached hydrogen (secondary N) is 2. The van der Waals surface area contributed by atoms with Crippen molar-refractivity contribution in [2.45, 2.75) is 13.0 Å². The van der Waals surface area contributed by atoms with Crippen LogP contribution in [0.1, 0.15) is 17.3 Å². The van der Waals surface area contributed by atoms with Gasteiger partial charge in [-0.15, -0.1) is 0 Å². The molecule has 1 atom stereocenters. The van der Waals surface area contributed by atoms with E-state index in [1.807, 2.05) is 0 Å². The van der Waals surface area contributed by atoms with Gasteiger partial charge in [0, 0.05) is 7.05 Å². The average molecular weight is 258 g/mol. The monoisotopic (exact) mass is 258 g/mol. The molecule has 0 heterocycles. The van der Waals surface area contributed by atoms with Crippen LogP contribution in [0.2, 0.25) is 0 Å². The summed E-state index contributed by atoms with van der Waals surface area (Å²) in [6.07, 6.45) is 0. The Kier molecular flexibility index (Phi) is 4.19. The molecule has 98 valence electrons. The molecule has 5 nitrogen and oxygen atoms in total. The first-order chi connectivity index (χ1) is 8.38. The second kappa shape index (κ2) is 5.44. The molecular weight excluding hydrogens is 246 g/mol. The molecule has 3 N–H and O–H groups in total. The van der Waals surface area contributed by atoms with Gasteiger partial charge >= 0.3 is 5.97 Å². The van der Waals surface area contributed by atoms with Crippen molar-refractivity contribution in [1.29, 1.82) is 0 Å². The van der Waals surface area contributed by atoms with Gasteiger partial charge < -0.3 is 15.7 Å². The van der Waals surface area contributed by atoms with Crippen molar-refractivity contribution >= 4 is 17.6 Å². The summed E-state index contributed by atoms with van der Waals surface area (Å²) in [5.74, 6) is -4.75. The van der Waals surface area contributed by atoms with E-state index in [-0.39, 0.29) is 5.69 Å². The lowest BCUT2D eigenvalue weighted by Gasteiger charge is -2.14. The largest absolute Gasteiger partial charge is 0.478 e. The normalized spacial score (nSPS) is 11.8. The number of carbonyl (C=O) groups excluding carboxylic acids is 1. The zero-order chi connectivity index (χ0) is 13.9. The number of carboxylic acids is 1. The highest BCUT2D eigenvalue weighted by atomic mass is 19.2. The smallest absolute Gasteiger partial charge is 0.338 e. The number of hydrogen-bond donors (Lipinski definition) is 3. The van der Waals surface area contributed by atoms with E-state index in [1.165, 1.54) is 14.0 Å². The molecule has 0 saturated carbocycles. The second-order valence-electron chi connectivity index (χ2n) is 3.57. The van der Waals surface area contributed by atoms with E-state index in [0.29, 0.717) is 0 Å². The second-order valence-corrected chi connectivity index (χ2v) is 3.57. The topological polar surface area (TPSA) is 78.4 Å². The Bertz CT molecular complexity index is 491. The zero-order valence-electron chi connectivity index (χ0n) is 9.75. The van der Waals surface area contributed by atoms with Gasteiger partial charge in [0.15, 0.2) is 11.6 Å². The fourth-order valence-electron chi connectivity index (χ4n) is 1.34. The molecule has 0 aliphatic carbocycles. The number of benzene rings is 1. The Balaban J connectivity index is 3.03. The third-order valence-corrected chi connectivity index (χ3v) is 2.32. The van der Waals surface area contributed by atoms with Crippen molar-refractivity contribution in [3.63, 3.8) is 0 Å². The molecule has 1 unspecified atom stereocenters. The summed E-state index contributed by atoms with van der Waals surface area (Å²) in [5, 5.41) is 13.4. The predicted octanol–water partition coefficient (Wildman–Crippen LogP) is 1.21. The van der Waals surface area contributed by atoms with E-state index >= 15 is 0 Å². The minimum Gasteiger partial charge on any atom is -0.478 e. The van der Waals surface area contributed by atoms with Crippen LogP contribution in [-0.4, -0.2) is 30.1 Å². The van der Waals surface area contributed by atoms with Gasteiger partial charge in [-0.3, -0.25) is 4.79 Å². The highest BCUT2D eigenvalue weighted by Crippen LogP contribution is 2.21. The maximum absolute atomic E-state index is 13.5. The van der Waals surface area contributed by atoms with Crippen LogP contribution in [0.4, 0.5) is 14.5 Å². The van der Waals surface area contributed by atoms with Crippen LogP contribution >= 0.6 is 0 Å². The number of hydrogen-bond acceptors (Lipinski definition) is 3. The summed E-state index contributed by atoms with van der Waals surface area (Å²) in [5.41, 5.74) is -1.03. The molecule has 1 amide bonds. The Morgan fingerprint density at radius 3 is 2.39 bits per heavy atom. The van der Waals surface area contributed by atoms with Crippen LogP contribution < -0.4 is 10.6 Å². The van der Waals surface area contributed by atoms with Gasteiger partial charge in [0.05, 0.1) is 11.3 Å². The number of carbonyl (C=O) groups is 2. The summed E-state index contributed by atoms with van der Waals surface area (Å²) >= 11 is 0. The summed E-state index contributed by atoms with van der Waals surface area (Å²) in [7, 11) is 1.41. The van der Waals surface area contributed by atoms with Crippen LogP contribution in [0.5, 0.6) is 0 Å². The molecule has 0 saturated heterocycles. The van der Waals surface area contributed by atoms with E-state index in [2.05, 4.69) is 10.6 Å². The van der Waals surface area contributed by atoms with Crippen LogP contribution in [-0.2, 0) is 4.79 Å². The first kappa shape index (κ1) is 13.9. The summed E-state index contributed by atoms with van der Waals surface area (Å²) in [4.78, 5) is 21.8. The molecular formula is C11H12F2N2O3. The first-order valence-corrected chi connectivity index (χ1v) is 5.08. The van der Waals surface area contributed by atoms with Crippen LogP contribution in [0.3, 0.4) is 0 Å². The first-order valence-electron chi connectivity index (χ1n) is 5.08. The van der Waals surface area contributed by atoms with Gasteiger partial charge in [-0.25, -0.2) is 13.6 Å². The molecule has 0 spiro atoms. The number of carboxylic acid groups (broad SMARTS) is 1. The molecule has 0 aliphatic rings. The van der Waals surface area contributed by atoms with E-state index in [1.54, 1.807) is 0 Å². The molecule has 0 radical (unpaired) electrons. The molecule has 1 aromatic carbocycles. The number of rotatable bonds is 4. The fraction of sp³-hybridized carbons (Fsp3) is 0.273. The third kappa shape index (κ3) is 2.73. The van der Waals surface area contributed by atoms with Gasteiger partial charge in [0.1, 0.15) is 6.04 Å². The van der Waals surface area contributed by atoms with Crippen LogP contribution in [0.15, 0.2) is 12.1 Å². The highest BCUT2D eigenvalue weighted by Gasteiger charge is 2.20. The molecule has 0 bridgehead atoms. The van der Waals surface area contributed by atoms with E-state index in [9.17, 15) is 18.4 Å². The standard InChI is InChI=1S/C11H12F2N2O3/c1-5(10(16)14-2)15-7-4-3-6(11(17)18)8(12)9(7)13/h3-5,15H,1-2H3,(H,14,16)(H,17,18). The van der Waals surface area contributed by atoms with Gasteiger partial charge in [0.25, 0.3) is 0 Å². The molecule has 1 rings (SSSR count). The maximum atomic E-state index is 13.5. The third-order valence-electron chi connectivity index (χ3n) is 2.32.